The smallest absolute Gasteiger partial charge is 0.128 e. The number of benzene rings is 1. The summed E-state index contributed by atoms with van der Waals surface area (Å²) in [6, 6.07) is 3.96. The molecule has 1 saturated carbocycles. The molecule has 2 unspecified atom stereocenters. The first-order valence-electron chi connectivity index (χ1n) is 7.15. The average molecular weight is 282 g/mol. The van der Waals surface area contributed by atoms with Gasteiger partial charge in [-0.3, -0.25) is 4.90 Å². The van der Waals surface area contributed by atoms with Crippen molar-refractivity contribution in [2.45, 2.75) is 31.0 Å². The van der Waals surface area contributed by atoms with E-state index in [-0.39, 0.29) is 18.0 Å². The molecule has 110 valence electrons. The molecule has 2 aliphatic rings. The van der Waals surface area contributed by atoms with Crippen molar-refractivity contribution in [2.75, 3.05) is 26.7 Å². The van der Waals surface area contributed by atoms with Gasteiger partial charge in [-0.25, -0.2) is 8.78 Å². The van der Waals surface area contributed by atoms with Crippen molar-refractivity contribution in [1.82, 2.24) is 10.2 Å². The molecule has 0 spiro atoms. The lowest BCUT2D eigenvalue weighted by Gasteiger charge is -2.39. The summed E-state index contributed by atoms with van der Waals surface area (Å²) in [5.74, 6) is -0.778. The van der Waals surface area contributed by atoms with Crippen LogP contribution in [-0.4, -0.2) is 43.8 Å². The number of nitrogens with one attached hydrogen (secondary N) is 1. The first-order valence-corrected chi connectivity index (χ1v) is 7.15. The van der Waals surface area contributed by atoms with Crippen molar-refractivity contribution in [3.05, 3.63) is 35.4 Å². The molecule has 20 heavy (non-hydrogen) atoms. The van der Waals surface area contributed by atoms with Gasteiger partial charge >= 0.3 is 0 Å². The van der Waals surface area contributed by atoms with E-state index in [4.69, 9.17) is 4.74 Å². The van der Waals surface area contributed by atoms with Gasteiger partial charge in [0.05, 0.1) is 18.8 Å². The lowest BCUT2D eigenvalue weighted by molar-refractivity contribution is -0.0625. The summed E-state index contributed by atoms with van der Waals surface area (Å²) >= 11 is 0. The molecular weight excluding hydrogens is 262 g/mol. The molecule has 0 aromatic heterocycles. The molecule has 1 aliphatic carbocycles. The maximum atomic E-state index is 14.0. The zero-order chi connectivity index (χ0) is 14.1. The number of halogens is 2. The summed E-state index contributed by atoms with van der Waals surface area (Å²) in [5.41, 5.74) is 0.384. The van der Waals surface area contributed by atoms with Crippen molar-refractivity contribution in [3.63, 3.8) is 0 Å². The fourth-order valence-electron chi connectivity index (χ4n) is 2.78. The molecule has 3 nitrogen and oxygen atoms in total. The van der Waals surface area contributed by atoms with Crippen LogP contribution in [0.25, 0.3) is 0 Å². The molecule has 0 bridgehead atoms. The molecule has 5 heteroatoms. The number of morpholine rings is 1. The van der Waals surface area contributed by atoms with Crippen LogP contribution < -0.4 is 5.32 Å². The Hall–Kier alpha value is -1.04. The molecule has 1 heterocycles. The normalized spacial score (nSPS) is 27.8. The summed E-state index contributed by atoms with van der Waals surface area (Å²) in [4.78, 5) is 2.04. The van der Waals surface area contributed by atoms with E-state index >= 15 is 0 Å². The van der Waals surface area contributed by atoms with Crippen molar-refractivity contribution in [3.8, 4) is 0 Å². The number of nitrogens with zero attached hydrogens (tertiary/aromatic N) is 1. The third kappa shape index (κ3) is 3.00. The molecule has 1 N–H and O–H groups in total. The van der Waals surface area contributed by atoms with Gasteiger partial charge < -0.3 is 10.1 Å². The second-order valence-electron chi connectivity index (χ2n) is 5.68. The molecule has 1 aromatic rings. The Morgan fingerprint density at radius 3 is 2.90 bits per heavy atom. The van der Waals surface area contributed by atoms with Crippen molar-refractivity contribution < 1.29 is 13.5 Å². The highest BCUT2D eigenvalue weighted by Gasteiger charge is 2.34. The van der Waals surface area contributed by atoms with Crippen molar-refractivity contribution in [1.29, 1.82) is 0 Å². The Bertz CT molecular complexity index is 479. The Morgan fingerprint density at radius 1 is 1.35 bits per heavy atom. The third-order valence-corrected chi connectivity index (χ3v) is 4.06. The van der Waals surface area contributed by atoms with Crippen LogP contribution in [0.1, 0.15) is 24.4 Å². The maximum Gasteiger partial charge on any atom is 0.128 e. The van der Waals surface area contributed by atoms with Gasteiger partial charge in [0.2, 0.25) is 0 Å². The van der Waals surface area contributed by atoms with E-state index in [1.807, 2.05) is 11.9 Å². The van der Waals surface area contributed by atoms with E-state index in [9.17, 15) is 8.78 Å². The molecule has 2 fully saturated rings. The summed E-state index contributed by atoms with van der Waals surface area (Å²) < 4.78 is 33.3. The summed E-state index contributed by atoms with van der Waals surface area (Å²) in [6.45, 7) is 2.02. The van der Waals surface area contributed by atoms with Crippen molar-refractivity contribution in [2.24, 2.45) is 0 Å². The second-order valence-corrected chi connectivity index (χ2v) is 5.68. The lowest BCUT2D eigenvalue weighted by Crippen LogP contribution is -2.48. The zero-order valence-electron chi connectivity index (χ0n) is 11.6. The second kappa shape index (κ2) is 5.76. The molecule has 2 atom stereocenters. The molecule has 3 rings (SSSR count). The van der Waals surface area contributed by atoms with Gasteiger partial charge in [0.1, 0.15) is 11.6 Å². The van der Waals surface area contributed by atoms with Crippen LogP contribution in [0.2, 0.25) is 0 Å². The number of likely N-dealkylation sites (N-methyl/N-ethyl adjacent to an activating group) is 1. The van der Waals surface area contributed by atoms with Crippen LogP contribution in [-0.2, 0) is 4.74 Å². The van der Waals surface area contributed by atoms with Crippen LogP contribution in [0, 0.1) is 11.6 Å². The highest BCUT2D eigenvalue weighted by molar-refractivity contribution is 5.24. The number of ether oxygens (including phenoxy) is 1. The first kappa shape index (κ1) is 13.9. The number of hydrogen-bond acceptors (Lipinski definition) is 3. The zero-order valence-corrected chi connectivity index (χ0v) is 11.6. The molecule has 0 amide bonds. The maximum absolute atomic E-state index is 14.0. The predicted octanol–water partition coefficient (Wildman–Crippen LogP) is 2.09. The van der Waals surface area contributed by atoms with Crippen LogP contribution in [0.3, 0.4) is 0 Å². The monoisotopic (exact) mass is 282 g/mol. The van der Waals surface area contributed by atoms with E-state index in [0.717, 1.165) is 12.6 Å². The van der Waals surface area contributed by atoms with Gasteiger partial charge in [0.15, 0.2) is 0 Å². The van der Waals surface area contributed by atoms with E-state index in [1.165, 1.54) is 25.0 Å². The summed E-state index contributed by atoms with van der Waals surface area (Å²) in [6.07, 6.45) is 2.24. The van der Waals surface area contributed by atoms with Gasteiger partial charge in [-0.1, -0.05) is 0 Å². The largest absolute Gasteiger partial charge is 0.374 e. The van der Waals surface area contributed by atoms with E-state index in [2.05, 4.69) is 5.32 Å². The molecular formula is C15H20F2N2O. The van der Waals surface area contributed by atoms with Gasteiger partial charge in [-0.15, -0.1) is 0 Å². The fourth-order valence-corrected chi connectivity index (χ4v) is 2.78. The van der Waals surface area contributed by atoms with Crippen LogP contribution >= 0.6 is 0 Å². The summed E-state index contributed by atoms with van der Waals surface area (Å²) in [5, 5.41) is 3.41. The summed E-state index contributed by atoms with van der Waals surface area (Å²) in [7, 11) is 1.93. The van der Waals surface area contributed by atoms with E-state index < -0.39 is 5.82 Å². The lowest BCUT2D eigenvalue weighted by atomic mass is 9.97. The Kier molecular flexibility index (Phi) is 4.01. The Morgan fingerprint density at radius 2 is 2.15 bits per heavy atom. The van der Waals surface area contributed by atoms with Crippen molar-refractivity contribution >= 4 is 0 Å². The SMILES string of the molecule is CN1CCOC(CNC2CC2)C1c1cc(F)ccc1F. The molecule has 1 saturated heterocycles. The van der Waals surface area contributed by atoms with Crippen LogP contribution in [0.15, 0.2) is 18.2 Å². The number of hydrogen-bond donors (Lipinski definition) is 1. The highest BCUT2D eigenvalue weighted by atomic mass is 19.1. The minimum Gasteiger partial charge on any atom is -0.374 e. The third-order valence-electron chi connectivity index (χ3n) is 4.06. The molecule has 0 radical (unpaired) electrons. The highest BCUT2D eigenvalue weighted by Crippen LogP contribution is 2.31. The van der Waals surface area contributed by atoms with E-state index in [1.54, 1.807) is 0 Å². The predicted molar refractivity (Wildman–Crippen MR) is 72.5 cm³/mol. The Balaban J connectivity index is 1.82. The van der Waals surface area contributed by atoms with Crippen LogP contribution in [0.5, 0.6) is 0 Å². The van der Waals surface area contributed by atoms with Crippen LogP contribution in [0.4, 0.5) is 8.78 Å². The average Bonchev–Trinajstić information content (AvgIpc) is 3.24. The van der Waals surface area contributed by atoms with Gasteiger partial charge in [-0.05, 0) is 38.1 Å². The van der Waals surface area contributed by atoms with Gasteiger partial charge in [0.25, 0.3) is 0 Å². The number of rotatable bonds is 4. The fraction of sp³-hybridized carbons (Fsp3) is 0.600. The van der Waals surface area contributed by atoms with Gasteiger partial charge in [-0.2, -0.15) is 0 Å². The standard InChI is InChI=1S/C15H20F2N2O/c1-19-6-7-20-14(9-18-11-3-4-11)15(19)12-8-10(16)2-5-13(12)17/h2,5,8,11,14-15,18H,3-4,6-7,9H2,1H3. The Labute approximate surface area is 117 Å². The minimum absolute atomic E-state index is 0.148. The van der Waals surface area contributed by atoms with E-state index in [0.29, 0.717) is 24.8 Å². The molecule has 1 aliphatic heterocycles. The molecule has 1 aromatic carbocycles. The minimum atomic E-state index is -0.408. The quantitative estimate of drug-likeness (QED) is 0.915. The van der Waals surface area contributed by atoms with Gasteiger partial charge in [0, 0.05) is 24.7 Å². The topological polar surface area (TPSA) is 24.5 Å². The first-order chi connectivity index (χ1) is 9.65.